The zero-order chi connectivity index (χ0) is 13.2. The van der Waals surface area contributed by atoms with Crippen LogP contribution >= 0.6 is 11.8 Å². The Kier molecular flexibility index (Phi) is 3.47. The van der Waals surface area contributed by atoms with Gasteiger partial charge in [-0.05, 0) is 54.2 Å². The van der Waals surface area contributed by atoms with Crippen molar-refractivity contribution in [2.45, 2.75) is 29.9 Å². The molecule has 0 spiro atoms. The summed E-state index contributed by atoms with van der Waals surface area (Å²) in [5.41, 5.74) is 10.2. The van der Waals surface area contributed by atoms with Crippen LogP contribution in [-0.4, -0.2) is 0 Å². The number of benzene rings is 2. The van der Waals surface area contributed by atoms with E-state index in [4.69, 9.17) is 5.73 Å². The number of fused-ring (bicyclic) bond motifs is 1. The second-order valence-corrected chi connectivity index (χ2v) is 5.95. The minimum atomic E-state index is -0.230. The molecule has 1 aliphatic carbocycles. The van der Waals surface area contributed by atoms with Crippen LogP contribution in [0, 0.1) is 5.82 Å². The van der Waals surface area contributed by atoms with E-state index in [9.17, 15) is 4.39 Å². The molecule has 1 aliphatic rings. The predicted octanol–water partition coefficient (Wildman–Crippen LogP) is 4.19. The van der Waals surface area contributed by atoms with E-state index >= 15 is 0 Å². The van der Waals surface area contributed by atoms with E-state index in [0.29, 0.717) is 10.6 Å². The van der Waals surface area contributed by atoms with E-state index < -0.39 is 0 Å². The summed E-state index contributed by atoms with van der Waals surface area (Å²) in [6.07, 6.45) is 3.65. The molecule has 0 fully saturated rings. The maximum Gasteiger partial charge on any atom is 0.138 e. The first-order chi connectivity index (χ1) is 9.22. The number of halogens is 1. The standard InChI is InChI=1S/C16H16FNS/c17-15-9-14(18)6-7-16(15)19-10-11-4-5-12-2-1-3-13(12)8-11/h4-9H,1-3,10,18H2. The van der Waals surface area contributed by atoms with Crippen LogP contribution in [0.2, 0.25) is 0 Å². The van der Waals surface area contributed by atoms with Crippen molar-refractivity contribution in [1.82, 2.24) is 0 Å². The maximum atomic E-state index is 13.7. The van der Waals surface area contributed by atoms with E-state index in [1.807, 2.05) is 0 Å². The Morgan fingerprint density at radius 1 is 1.05 bits per heavy atom. The number of nitrogens with two attached hydrogens (primary N) is 1. The fraction of sp³-hybridized carbons (Fsp3) is 0.250. The van der Waals surface area contributed by atoms with Gasteiger partial charge in [0.15, 0.2) is 0 Å². The fourth-order valence-electron chi connectivity index (χ4n) is 2.51. The molecule has 0 aliphatic heterocycles. The monoisotopic (exact) mass is 273 g/mol. The van der Waals surface area contributed by atoms with E-state index in [1.165, 1.54) is 53.8 Å². The van der Waals surface area contributed by atoms with Gasteiger partial charge in [0, 0.05) is 16.3 Å². The predicted molar refractivity (Wildman–Crippen MR) is 78.8 cm³/mol. The Balaban J connectivity index is 1.72. The largest absolute Gasteiger partial charge is 0.399 e. The van der Waals surface area contributed by atoms with Gasteiger partial charge in [0.1, 0.15) is 5.82 Å². The smallest absolute Gasteiger partial charge is 0.138 e. The van der Waals surface area contributed by atoms with E-state index in [2.05, 4.69) is 18.2 Å². The minimum Gasteiger partial charge on any atom is -0.399 e. The van der Waals surface area contributed by atoms with Crippen LogP contribution in [0.15, 0.2) is 41.3 Å². The lowest BCUT2D eigenvalue weighted by Gasteiger charge is -2.06. The molecule has 19 heavy (non-hydrogen) atoms. The topological polar surface area (TPSA) is 26.0 Å². The first kappa shape index (κ1) is 12.5. The van der Waals surface area contributed by atoms with E-state index in [0.717, 1.165) is 5.75 Å². The van der Waals surface area contributed by atoms with Crippen LogP contribution in [0.4, 0.5) is 10.1 Å². The summed E-state index contributed by atoms with van der Waals surface area (Å²) in [6.45, 7) is 0. The first-order valence-electron chi connectivity index (χ1n) is 6.51. The summed E-state index contributed by atoms with van der Waals surface area (Å²) in [7, 11) is 0. The van der Waals surface area contributed by atoms with Crippen molar-refractivity contribution in [3.05, 3.63) is 58.9 Å². The molecule has 3 rings (SSSR count). The lowest BCUT2D eigenvalue weighted by Crippen LogP contribution is -1.90. The van der Waals surface area contributed by atoms with Crippen molar-refractivity contribution in [2.24, 2.45) is 0 Å². The Morgan fingerprint density at radius 3 is 2.74 bits per heavy atom. The van der Waals surface area contributed by atoms with Crippen LogP contribution in [0.5, 0.6) is 0 Å². The highest BCUT2D eigenvalue weighted by atomic mass is 32.2. The van der Waals surface area contributed by atoms with Crippen LogP contribution in [0.1, 0.15) is 23.1 Å². The molecule has 2 aromatic carbocycles. The Bertz CT molecular complexity index is 610. The van der Waals surface area contributed by atoms with Crippen molar-refractivity contribution in [2.75, 3.05) is 5.73 Å². The Labute approximate surface area is 117 Å². The second-order valence-electron chi connectivity index (χ2n) is 4.94. The molecule has 0 amide bonds. The molecule has 0 saturated heterocycles. The van der Waals surface area contributed by atoms with Crippen molar-refractivity contribution < 1.29 is 4.39 Å². The third kappa shape index (κ3) is 2.76. The van der Waals surface area contributed by atoms with Crippen LogP contribution in [-0.2, 0) is 18.6 Å². The van der Waals surface area contributed by atoms with Gasteiger partial charge in [-0.3, -0.25) is 0 Å². The molecule has 1 nitrogen and oxygen atoms in total. The molecule has 98 valence electrons. The molecule has 0 atom stereocenters. The van der Waals surface area contributed by atoms with Gasteiger partial charge < -0.3 is 5.73 Å². The molecule has 0 aromatic heterocycles. The number of rotatable bonds is 3. The van der Waals surface area contributed by atoms with Gasteiger partial charge >= 0.3 is 0 Å². The van der Waals surface area contributed by atoms with Gasteiger partial charge in [0.25, 0.3) is 0 Å². The molecule has 0 heterocycles. The zero-order valence-corrected chi connectivity index (χ0v) is 11.5. The van der Waals surface area contributed by atoms with Gasteiger partial charge in [0.2, 0.25) is 0 Å². The van der Waals surface area contributed by atoms with Gasteiger partial charge in [-0.25, -0.2) is 4.39 Å². The van der Waals surface area contributed by atoms with Crippen LogP contribution in [0.3, 0.4) is 0 Å². The average molecular weight is 273 g/mol. The quantitative estimate of drug-likeness (QED) is 0.670. The first-order valence-corrected chi connectivity index (χ1v) is 7.49. The van der Waals surface area contributed by atoms with Gasteiger partial charge in [-0.15, -0.1) is 11.8 Å². The summed E-state index contributed by atoms with van der Waals surface area (Å²) in [5, 5.41) is 0. The van der Waals surface area contributed by atoms with Crippen LogP contribution < -0.4 is 5.73 Å². The molecule has 0 saturated carbocycles. The highest BCUT2D eigenvalue weighted by Crippen LogP contribution is 2.29. The molecular formula is C16H16FNS. The Morgan fingerprint density at radius 2 is 1.89 bits per heavy atom. The number of nitrogen functional groups attached to an aromatic ring is 1. The average Bonchev–Trinajstić information content (AvgIpc) is 2.85. The third-order valence-corrected chi connectivity index (χ3v) is 4.63. The lowest BCUT2D eigenvalue weighted by atomic mass is 10.1. The highest BCUT2D eigenvalue weighted by Gasteiger charge is 2.11. The molecule has 0 radical (unpaired) electrons. The third-order valence-electron chi connectivity index (χ3n) is 3.51. The van der Waals surface area contributed by atoms with Gasteiger partial charge in [-0.1, -0.05) is 18.2 Å². The number of thioether (sulfide) groups is 1. The number of anilines is 1. The van der Waals surface area contributed by atoms with Crippen LogP contribution in [0.25, 0.3) is 0 Å². The maximum absolute atomic E-state index is 13.7. The van der Waals surface area contributed by atoms with Gasteiger partial charge in [0.05, 0.1) is 0 Å². The van der Waals surface area contributed by atoms with E-state index in [-0.39, 0.29) is 5.82 Å². The summed E-state index contributed by atoms with van der Waals surface area (Å²) < 4.78 is 13.7. The van der Waals surface area contributed by atoms with Crippen molar-refractivity contribution in [1.29, 1.82) is 0 Å². The molecule has 0 bridgehead atoms. The molecule has 3 heteroatoms. The second kappa shape index (κ2) is 5.25. The van der Waals surface area contributed by atoms with Gasteiger partial charge in [-0.2, -0.15) is 0 Å². The zero-order valence-electron chi connectivity index (χ0n) is 10.7. The summed E-state index contributed by atoms with van der Waals surface area (Å²) in [6, 6.07) is 11.5. The SMILES string of the molecule is Nc1ccc(SCc2ccc3c(c2)CCC3)c(F)c1. The fourth-order valence-corrected chi connectivity index (χ4v) is 3.37. The summed E-state index contributed by atoms with van der Waals surface area (Å²) in [5.74, 6) is 0.569. The Hall–Kier alpha value is -1.48. The minimum absolute atomic E-state index is 0.230. The number of hydrogen-bond acceptors (Lipinski definition) is 2. The van der Waals surface area contributed by atoms with Crippen molar-refractivity contribution in [3.63, 3.8) is 0 Å². The molecule has 2 aromatic rings. The summed E-state index contributed by atoms with van der Waals surface area (Å²) in [4.78, 5) is 0.662. The van der Waals surface area contributed by atoms with E-state index in [1.54, 1.807) is 12.1 Å². The molecular weight excluding hydrogens is 257 g/mol. The van der Waals surface area contributed by atoms with Crippen molar-refractivity contribution in [3.8, 4) is 0 Å². The molecule has 2 N–H and O–H groups in total. The summed E-state index contributed by atoms with van der Waals surface area (Å²) >= 11 is 1.52. The number of hydrogen-bond donors (Lipinski definition) is 1. The van der Waals surface area contributed by atoms with Crippen molar-refractivity contribution >= 4 is 17.4 Å². The number of aryl methyl sites for hydroxylation is 2. The molecule has 0 unspecified atom stereocenters. The highest BCUT2D eigenvalue weighted by molar-refractivity contribution is 7.98. The lowest BCUT2D eigenvalue weighted by molar-refractivity contribution is 0.603. The normalized spacial score (nSPS) is 13.5.